The van der Waals surface area contributed by atoms with E-state index in [1.807, 2.05) is 97.1 Å². The van der Waals surface area contributed by atoms with Gasteiger partial charge in [-0.15, -0.1) is 20.4 Å². The third-order valence-corrected chi connectivity index (χ3v) is 14.1. The molecule has 0 bridgehead atoms. The number of ether oxygens (including phenoxy) is 2. The highest BCUT2D eigenvalue weighted by Crippen LogP contribution is 2.57. The first-order chi connectivity index (χ1) is 34.2. The van der Waals surface area contributed by atoms with Crippen molar-refractivity contribution in [2.24, 2.45) is 0 Å². The van der Waals surface area contributed by atoms with Crippen molar-refractivity contribution in [3.63, 3.8) is 0 Å². The van der Waals surface area contributed by atoms with Gasteiger partial charge in [0.05, 0.1) is 5.41 Å². The number of halogens is 2. The molecule has 2 aromatic heterocycles. The van der Waals surface area contributed by atoms with E-state index in [1.54, 1.807) is 0 Å². The molecule has 350 valence electrons. The number of benzene rings is 8. The van der Waals surface area contributed by atoms with E-state index in [9.17, 15) is 0 Å². The Bertz CT molecular complexity index is 3300. The zero-order valence-electron chi connectivity index (χ0n) is 40.0. The largest absolute Gasteiger partial charge is 0.457 e. The summed E-state index contributed by atoms with van der Waals surface area (Å²) in [5.41, 5.74) is 12.2. The predicted molar refractivity (Wildman–Crippen MR) is 287 cm³/mol. The molecule has 8 nitrogen and oxygen atoms in total. The molecule has 1 aliphatic rings. The second-order valence-electron chi connectivity index (χ2n) is 19.9. The van der Waals surface area contributed by atoms with Crippen LogP contribution >= 0.6 is 31.9 Å². The van der Waals surface area contributed by atoms with Gasteiger partial charge in [0.25, 0.3) is 0 Å². The van der Waals surface area contributed by atoms with Crippen molar-refractivity contribution in [2.75, 3.05) is 0 Å². The lowest BCUT2D eigenvalue weighted by atomic mass is 9.67. The Balaban J connectivity index is 0.844. The Hall–Kier alpha value is -7.40. The van der Waals surface area contributed by atoms with E-state index in [2.05, 4.69) is 179 Å². The molecule has 0 unspecified atom stereocenters. The van der Waals surface area contributed by atoms with E-state index >= 15 is 0 Å². The van der Waals surface area contributed by atoms with Crippen LogP contribution in [0.2, 0.25) is 0 Å². The van der Waals surface area contributed by atoms with Crippen LogP contribution in [0.5, 0.6) is 23.0 Å². The van der Waals surface area contributed by atoms with Crippen LogP contribution in [0.25, 0.3) is 56.9 Å². The van der Waals surface area contributed by atoms with E-state index in [4.69, 9.17) is 18.3 Å². The summed E-state index contributed by atoms with van der Waals surface area (Å²) in [6.45, 7) is 13.2. The zero-order valence-corrected chi connectivity index (χ0v) is 43.2. The maximum Gasteiger partial charge on any atom is 0.248 e. The van der Waals surface area contributed by atoms with E-state index in [0.717, 1.165) is 42.3 Å². The van der Waals surface area contributed by atoms with Gasteiger partial charge < -0.3 is 18.3 Å². The SMILES string of the molecule is CC(C)(C)c1ccc(-c2nnc(-c3ccc(Oc4ccc(C5(c6ccc(Oc7ccc(-c8nnc(-c9ccc(C(C)(C)C)cc9)o8)cc7)cc6)c6cc(Br)ccc6-c6ccc(Br)cc65)cc4)cc3)o2)cc1. The minimum Gasteiger partial charge on any atom is -0.457 e. The van der Waals surface area contributed by atoms with Gasteiger partial charge in [-0.1, -0.05) is 134 Å². The molecular formula is C61H48Br2N4O4. The molecule has 1 aliphatic carbocycles. The maximum absolute atomic E-state index is 6.44. The van der Waals surface area contributed by atoms with Gasteiger partial charge >= 0.3 is 0 Å². The summed E-state index contributed by atoms with van der Waals surface area (Å²) >= 11 is 7.64. The van der Waals surface area contributed by atoms with Gasteiger partial charge in [-0.2, -0.15) is 0 Å². The van der Waals surface area contributed by atoms with Crippen LogP contribution in [-0.2, 0) is 16.2 Å². The molecule has 0 amide bonds. The van der Waals surface area contributed by atoms with E-state index in [1.165, 1.54) is 33.4 Å². The number of nitrogens with zero attached hydrogens (tertiary/aromatic N) is 4. The Morgan fingerprint density at radius 1 is 0.366 bits per heavy atom. The molecule has 2 heterocycles. The molecule has 71 heavy (non-hydrogen) atoms. The number of aromatic nitrogens is 4. The van der Waals surface area contributed by atoms with Crippen molar-refractivity contribution < 1.29 is 18.3 Å². The van der Waals surface area contributed by atoms with Gasteiger partial charge in [-0.05, 0) is 177 Å². The first-order valence-electron chi connectivity index (χ1n) is 23.5. The van der Waals surface area contributed by atoms with Gasteiger partial charge in [-0.25, -0.2) is 0 Å². The highest BCUT2D eigenvalue weighted by molar-refractivity contribution is 9.10. The van der Waals surface area contributed by atoms with Crippen molar-refractivity contribution in [1.29, 1.82) is 0 Å². The molecule has 0 spiro atoms. The minimum atomic E-state index is -0.673. The number of hydrogen-bond donors (Lipinski definition) is 0. The smallest absolute Gasteiger partial charge is 0.248 e. The van der Waals surface area contributed by atoms with Gasteiger partial charge in [0, 0.05) is 31.2 Å². The third kappa shape index (κ3) is 8.91. The molecule has 0 saturated heterocycles. The topological polar surface area (TPSA) is 96.3 Å². The predicted octanol–water partition coefficient (Wildman–Crippen LogP) is 17.2. The maximum atomic E-state index is 6.44. The monoisotopic (exact) mass is 1060 g/mol. The lowest BCUT2D eigenvalue weighted by molar-refractivity contribution is 0.482. The zero-order chi connectivity index (χ0) is 49.1. The molecule has 0 saturated carbocycles. The van der Waals surface area contributed by atoms with Crippen LogP contribution in [0.1, 0.15) is 74.9 Å². The average molecular weight is 1060 g/mol. The van der Waals surface area contributed by atoms with E-state index < -0.39 is 5.41 Å². The molecular weight excluding hydrogens is 1010 g/mol. The summed E-state index contributed by atoms with van der Waals surface area (Å²) < 4.78 is 27.1. The Morgan fingerprint density at radius 2 is 0.648 bits per heavy atom. The van der Waals surface area contributed by atoms with Crippen LogP contribution in [0.4, 0.5) is 0 Å². The standard InChI is InChI=1S/C61H48Br2N4O4/c1-59(2,3)41-15-7-37(8-16-41)55-64-66-57(70-55)39-11-25-47(26-12-39)68-49-29-19-43(20-30-49)61(53-35-45(62)23-33-51(53)52-34-24-46(63)36-54(52)61)44-21-31-50(32-22-44)69-48-27-13-40(14-28-48)58-67-65-56(71-58)38-9-17-42(18-10-38)60(4,5)6/h7-36H,1-6H3. The van der Waals surface area contributed by atoms with Gasteiger partial charge in [0.15, 0.2) is 0 Å². The van der Waals surface area contributed by atoms with E-state index in [-0.39, 0.29) is 10.8 Å². The molecule has 0 N–H and O–H groups in total. The average Bonchev–Trinajstić information content (AvgIpc) is 4.13. The molecule has 0 radical (unpaired) electrons. The molecule has 11 rings (SSSR count). The fraction of sp³-hybridized carbons (Fsp3) is 0.148. The summed E-state index contributed by atoms with van der Waals surface area (Å²) in [6.07, 6.45) is 0. The number of hydrogen-bond acceptors (Lipinski definition) is 8. The second kappa shape index (κ2) is 18.1. The first-order valence-corrected chi connectivity index (χ1v) is 25.0. The van der Waals surface area contributed by atoms with Crippen LogP contribution in [-0.4, -0.2) is 20.4 Å². The van der Waals surface area contributed by atoms with Crippen molar-refractivity contribution in [3.8, 4) is 79.9 Å². The van der Waals surface area contributed by atoms with Crippen LogP contribution in [0.3, 0.4) is 0 Å². The van der Waals surface area contributed by atoms with Gasteiger partial charge in [0.2, 0.25) is 23.6 Å². The fourth-order valence-electron chi connectivity index (χ4n) is 9.34. The minimum absolute atomic E-state index is 0.0592. The molecule has 10 aromatic rings. The normalized spacial score (nSPS) is 12.9. The van der Waals surface area contributed by atoms with Crippen molar-refractivity contribution >= 4 is 31.9 Å². The molecule has 10 heteroatoms. The Kier molecular flexibility index (Phi) is 11.7. The molecule has 8 aromatic carbocycles. The Labute approximate surface area is 430 Å². The third-order valence-electron chi connectivity index (χ3n) is 13.2. The van der Waals surface area contributed by atoms with Crippen molar-refractivity contribution in [2.45, 2.75) is 57.8 Å². The van der Waals surface area contributed by atoms with Crippen molar-refractivity contribution in [1.82, 2.24) is 20.4 Å². The molecule has 0 fully saturated rings. The summed E-state index contributed by atoms with van der Waals surface area (Å²) in [5.74, 6) is 4.63. The highest BCUT2D eigenvalue weighted by atomic mass is 79.9. The molecule has 0 aliphatic heterocycles. The first kappa shape index (κ1) is 46.0. The van der Waals surface area contributed by atoms with Gasteiger partial charge in [0.1, 0.15) is 23.0 Å². The lowest BCUT2D eigenvalue weighted by Gasteiger charge is -2.34. The van der Waals surface area contributed by atoms with Gasteiger partial charge in [-0.3, -0.25) is 0 Å². The Morgan fingerprint density at radius 3 is 0.944 bits per heavy atom. The summed E-state index contributed by atoms with van der Waals surface area (Å²) in [7, 11) is 0. The number of rotatable bonds is 10. The summed E-state index contributed by atoms with van der Waals surface area (Å²) in [6, 6.07) is 61.9. The van der Waals surface area contributed by atoms with Crippen molar-refractivity contribution in [3.05, 3.63) is 224 Å². The van der Waals surface area contributed by atoms with Crippen LogP contribution in [0, 0.1) is 0 Å². The van der Waals surface area contributed by atoms with Crippen LogP contribution < -0.4 is 9.47 Å². The number of fused-ring (bicyclic) bond motifs is 3. The second-order valence-corrected chi connectivity index (χ2v) is 21.7. The summed E-state index contributed by atoms with van der Waals surface area (Å²) in [5, 5.41) is 17.3. The lowest BCUT2D eigenvalue weighted by Crippen LogP contribution is -2.28. The fourth-order valence-corrected chi connectivity index (χ4v) is 10.1. The summed E-state index contributed by atoms with van der Waals surface area (Å²) in [4.78, 5) is 0. The van der Waals surface area contributed by atoms with Crippen LogP contribution in [0.15, 0.2) is 200 Å². The molecule has 0 atom stereocenters. The highest BCUT2D eigenvalue weighted by Gasteiger charge is 2.46. The quantitative estimate of drug-likeness (QED) is 0.134. The van der Waals surface area contributed by atoms with E-state index in [0.29, 0.717) is 46.6 Å².